The molecule has 0 saturated carbocycles. The van der Waals surface area contributed by atoms with Gasteiger partial charge in [-0.2, -0.15) is 0 Å². The second kappa shape index (κ2) is 27.4. The number of pyridine rings is 8. The summed E-state index contributed by atoms with van der Waals surface area (Å²) in [5.74, 6) is 3.59. The highest BCUT2D eigenvalue weighted by molar-refractivity contribution is 6.07. The first-order valence-corrected chi connectivity index (χ1v) is 36.9. The molecular weight excluding hydrogens is 1370 g/mol. The third kappa shape index (κ3) is 12.0. The molecule has 0 aliphatic carbocycles. The van der Waals surface area contributed by atoms with Crippen LogP contribution in [0.4, 0.5) is 0 Å². The average molecular weight is 1430 g/mol. The van der Waals surface area contributed by atoms with Crippen LogP contribution >= 0.6 is 0 Å². The van der Waals surface area contributed by atoms with Crippen LogP contribution in [-0.4, -0.2) is 69.8 Å². The van der Waals surface area contributed by atoms with Crippen LogP contribution in [0.5, 0.6) is 0 Å². The van der Waals surface area contributed by atoms with Gasteiger partial charge in [0.25, 0.3) is 0 Å². The van der Waals surface area contributed by atoms with Crippen molar-refractivity contribution < 1.29 is 0 Å². The molecule has 0 amide bonds. The second-order valence-corrected chi connectivity index (χ2v) is 27.7. The van der Waals surface area contributed by atoms with Crippen LogP contribution in [-0.2, 0) is 0 Å². The van der Waals surface area contributed by atoms with Crippen molar-refractivity contribution in [3.63, 3.8) is 0 Å². The molecule has 0 N–H and O–H groups in total. The highest BCUT2D eigenvalue weighted by Gasteiger charge is 2.20. The van der Waals surface area contributed by atoms with Crippen LogP contribution in [0.15, 0.2) is 353 Å². The molecule has 112 heavy (non-hydrogen) atoms. The van der Waals surface area contributed by atoms with E-state index in [0.717, 1.165) is 187 Å². The number of hydrogen-bond acceptors (Lipinski definition) is 14. The summed E-state index contributed by atoms with van der Waals surface area (Å²) in [6.07, 6.45) is 14.9. The summed E-state index contributed by atoms with van der Waals surface area (Å²) in [6.45, 7) is 0. The number of aromatic nitrogens is 14. The van der Waals surface area contributed by atoms with E-state index < -0.39 is 0 Å². The fourth-order valence-electron chi connectivity index (χ4n) is 15.2. The molecule has 10 heterocycles. The molecule has 0 radical (unpaired) electrons. The van der Waals surface area contributed by atoms with E-state index in [1.165, 1.54) is 0 Å². The summed E-state index contributed by atoms with van der Waals surface area (Å²) in [5.41, 5.74) is 20.8. The van der Waals surface area contributed by atoms with Crippen molar-refractivity contribution in [3.05, 3.63) is 353 Å². The van der Waals surface area contributed by atoms with Crippen molar-refractivity contribution in [2.75, 3.05) is 0 Å². The fraction of sp³-hybridized carbons (Fsp3) is 0. The molecule has 0 aliphatic heterocycles. The van der Waals surface area contributed by atoms with Crippen molar-refractivity contribution in [2.24, 2.45) is 0 Å². The Hall–Kier alpha value is -15.5. The van der Waals surface area contributed by atoms with E-state index in [2.05, 4.69) is 275 Å². The van der Waals surface area contributed by atoms with Crippen LogP contribution in [0.3, 0.4) is 0 Å². The maximum atomic E-state index is 5.15. The topological polar surface area (TPSA) is 180 Å². The van der Waals surface area contributed by atoms with Gasteiger partial charge in [-0.25, -0.2) is 29.9 Å². The van der Waals surface area contributed by atoms with Gasteiger partial charge in [0, 0.05) is 148 Å². The van der Waals surface area contributed by atoms with Crippen LogP contribution in [0, 0.1) is 0 Å². The highest BCUT2D eigenvalue weighted by atomic mass is 15.0. The van der Waals surface area contributed by atoms with Gasteiger partial charge >= 0.3 is 0 Å². The lowest BCUT2D eigenvalue weighted by Gasteiger charge is -2.12. The number of rotatable bonds is 10. The van der Waals surface area contributed by atoms with E-state index in [-0.39, 0.29) is 0 Å². The normalized spacial score (nSPS) is 11.6. The molecule has 14 heteroatoms. The van der Waals surface area contributed by atoms with Crippen LogP contribution in [0.2, 0.25) is 0 Å². The predicted molar refractivity (Wildman–Crippen MR) is 451 cm³/mol. The largest absolute Gasteiger partial charge is 0.254 e. The molecule has 0 bridgehead atoms. The Bertz CT molecular complexity index is 7170. The molecule has 0 aliphatic rings. The van der Waals surface area contributed by atoms with E-state index >= 15 is 0 Å². The molecule has 0 unspecified atom stereocenters. The third-order valence-electron chi connectivity index (χ3n) is 20.9. The van der Waals surface area contributed by atoms with E-state index in [4.69, 9.17) is 49.8 Å². The fourth-order valence-corrected chi connectivity index (χ4v) is 15.2. The lowest BCUT2D eigenvalue weighted by atomic mass is 10.0. The molecule has 0 fully saturated rings. The van der Waals surface area contributed by atoms with E-state index in [1.54, 1.807) is 0 Å². The molecular formula is C98H58N14. The molecule has 0 saturated heterocycles. The Balaban J connectivity index is 0.000000141. The van der Waals surface area contributed by atoms with Crippen molar-refractivity contribution in [1.29, 1.82) is 0 Å². The quantitative estimate of drug-likeness (QED) is 0.118. The maximum absolute atomic E-state index is 5.15. The summed E-state index contributed by atoms with van der Waals surface area (Å²) >= 11 is 0. The first-order valence-electron chi connectivity index (χ1n) is 36.9. The number of nitrogens with zero attached hydrogens (tertiary/aromatic N) is 14. The van der Waals surface area contributed by atoms with E-state index in [1.807, 2.05) is 98.1 Å². The lowest BCUT2D eigenvalue weighted by molar-refractivity contribution is 1.08. The first-order chi connectivity index (χ1) is 55.4. The number of fused-ring (bicyclic) bond motifs is 14. The monoisotopic (exact) mass is 1430 g/mol. The average Bonchev–Trinajstić information content (AvgIpc) is 0.778. The van der Waals surface area contributed by atoms with Gasteiger partial charge in [-0.1, -0.05) is 243 Å². The summed E-state index contributed by atoms with van der Waals surface area (Å²) in [6, 6.07) is 104. The second-order valence-electron chi connectivity index (χ2n) is 27.7. The number of hydrogen-bond donors (Lipinski definition) is 0. The minimum Gasteiger partial charge on any atom is -0.254 e. The minimum atomic E-state index is 0.584. The Morgan fingerprint density at radius 2 is 0.402 bits per heavy atom. The Labute approximate surface area is 640 Å². The molecule has 520 valence electrons. The Morgan fingerprint density at radius 1 is 0.143 bits per heavy atom. The summed E-state index contributed by atoms with van der Waals surface area (Å²) < 4.78 is 0. The van der Waals surface area contributed by atoms with Gasteiger partial charge < -0.3 is 0 Å². The first kappa shape index (κ1) is 64.8. The smallest absolute Gasteiger partial charge is 0.164 e. The molecule has 14 nitrogen and oxygen atoms in total. The van der Waals surface area contributed by atoms with Crippen molar-refractivity contribution in [2.45, 2.75) is 0 Å². The van der Waals surface area contributed by atoms with Crippen LogP contribution in [0.25, 0.3) is 222 Å². The van der Waals surface area contributed by atoms with Gasteiger partial charge in [0.2, 0.25) is 0 Å². The van der Waals surface area contributed by atoms with Crippen molar-refractivity contribution >= 4 is 109 Å². The molecule has 0 spiro atoms. The van der Waals surface area contributed by atoms with Crippen LogP contribution < -0.4 is 0 Å². The van der Waals surface area contributed by atoms with Gasteiger partial charge in [0.05, 0.1) is 44.1 Å². The third-order valence-corrected chi connectivity index (χ3v) is 20.9. The van der Waals surface area contributed by atoms with Gasteiger partial charge in [0.1, 0.15) is 0 Å². The summed E-state index contributed by atoms with van der Waals surface area (Å²) in [7, 11) is 0. The zero-order chi connectivity index (χ0) is 74.0. The molecule has 10 aromatic heterocycles. The van der Waals surface area contributed by atoms with Gasteiger partial charge in [0.15, 0.2) is 34.9 Å². The summed E-state index contributed by atoms with van der Waals surface area (Å²) in [5, 5.41) is 12.9. The molecule has 12 aromatic carbocycles. The van der Waals surface area contributed by atoms with E-state index in [0.29, 0.717) is 34.9 Å². The van der Waals surface area contributed by atoms with Gasteiger partial charge in [-0.05, 0) is 104 Å². The molecule has 22 rings (SSSR count). The van der Waals surface area contributed by atoms with Crippen molar-refractivity contribution in [3.8, 4) is 113 Å². The Morgan fingerprint density at radius 3 is 0.759 bits per heavy atom. The van der Waals surface area contributed by atoms with Crippen LogP contribution in [0.1, 0.15) is 0 Å². The molecule has 22 aromatic rings. The van der Waals surface area contributed by atoms with E-state index in [9.17, 15) is 0 Å². The standard InChI is InChI=1S/2C49H29N7/c1-2-16-41-30(8-1)9-5-17-42(41)49-55-47(37-12-3-10-33(24-37)39-26-35-20-18-31-14-6-22-50-43(31)45(35)52-28-39)54-48(56-49)38-13-4-11-34(25-38)40-27-36-21-19-32-15-7-23-51-44(32)46(36)53-29-40;1-2-10-41-32(6-1)7-3-11-42(41)49-55-47(35-18-12-30(13-19-35)39-26-37-22-16-33-8-4-24-50-43(33)45(37)52-28-39)54-48(56-49)36-20-14-31(15-21-36)40-27-38-23-17-34-9-5-25-51-44(34)46(38)53-29-40/h2*1-29H. The maximum Gasteiger partial charge on any atom is 0.164 e. The van der Waals surface area contributed by atoms with Crippen molar-refractivity contribution in [1.82, 2.24) is 69.8 Å². The zero-order valence-electron chi connectivity index (χ0n) is 59.7. The van der Waals surface area contributed by atoms with Gasteiger partial charge in [-0.15, -0.1) is 0 Å². The predicted octanol–water partition coefficient (Wildman–Crippen LogP) is 23.1. The highest BCUT2D eigenvalue weighted by Crippen LogP contribution is 2.38. The Kier molecular flexibility index (Phi) is 15.8. The number of benzene rings is 12. The SMILES string of the molecule is c1cc(-c2cnc3c(ccc4cccnc43)c2)cc(-c2nc(-c3cccc(-c4cnc5c(ccc6cccnc65)c4)c3)nc(-c3cccc4ccccc34)n2)c1.c1ccc2c(-c3nc(-c4ccc(-c5cnc6c(ccc7cccnc76)c5)cc4)nc(-c4ccc(-c5cnc6c(ccc7cccnc76)c5)cc4)n3)cccc2c1. The molecule has 0 atom stereocenters. The minimum absolute atomic E-state index is 0.584. The van der Waals surface area contributed by atoms with Gasteiger partial charge in [-0.3, -0.25) is 39.9 Å². The summed E-state index contributed by atoms with van der Waals surface area (Å²) in [4.78, 5) is 68.5. The lowest BCUT2D eigenvalue weighted by Crippen LogP contribution is -2.01. The zero-order valence-corrected chi connectivity index (χ0v) is 59.7.